The number of sulfonamides is 1. The lowest BCUT2D eigenvalue weighted by molar-refractivity contribution is -0.114. The van der Waals surface area contributed by atoms with Crippen molar-refractivity contribution in [3.8, 4) is 0 Å². The van der Waals surface area contributed by atoms with E-state index in [0.29, 0.717) is 5.69 Å². The Morgan fingerprint density at radius 1 is 0.857 bits per heavy atom. The molecule has 28 heavy (non-hydrogen) atoms. The fourth-order valence-electron chi connectivity index (χ4n) is 2.53. The van der Waals surface area contributed by atoms with Crippen LogP contribution in [0.4, 0.5) is 11.4 Å². The van der Waals surface area contributed by atoms with Crippen LogP contribution in [0, 0.1) is 0 Å². The quantitative estimate of drug-likeness (QED) is 0.603. The molecule has 3 aromatic carbocycles. The first-order valence-electron chi connectivity index (χ1n) is 8.25. The molecule has 0 saturated heterocycles. The third kappa shape index (κ3) is 4.65. The highest BCUT2D eigenvalue weighted by Crippen LogP contribution is 2.30. The van der Waals surface area contributed by atoms with Crippen molar-refractivity contribution in [2.75, 3.05) is 16.2 Å². The predicted octanol–water partition coefficient (Wildman–Crippen LogP) is 4.83. The van der Waals surface area contributed by atoms with E-state index in [1.54, 1.807) is 42.5 Å². The van der Waals surface area contributed by atoms with E-state index in [1.165, 1.54) is 30.3 Å². The van der Waals surface area contributed by atoms with E-state index >= 15 is 0 Å². The van der Waals surface area contributed by atoms with Gasteiger partial charge in [-0.15, -0.1) is 0 Å². The van der Waals surface area contributed by atoms with Crippen LogP contribution in [0.3, 0.4) is 0 Å². The monoisotopic (exact) mass is 434 g/mol. The molecule has 144 valence electrons. The Kier molecular flexibility index (Phi) is 6.24. The van der Waals surface area contributed by atoms with Crippen molar-refractivity contribution in [1.29, 1.82) is 0 Å². The number of halogens is 2. The van der Waals surface area contributed by atoms with Crippen molar-refractivity contribution in [2.24, 2.45) is 0 Å². The molecule has 3 rings (SSSR count). The van der Waals surface area contributed by atoms with Gasteiger partial charge in [0, 0.05) is 5.69 Å². The molecule has 0 saturated carbocycles. The zero-order chi connectivity index (χ0) is 20.1. The summed E-state index contributed by atoms with van der Waals surface area (Å²) in [6.45, 7) is -0.427. The van der Waals surface area contributed by atoms with E-state index in [2.05, 4.69) is 5.32 Å². The number of para-hydroxylation sites is 1. The zero-order valence-electron chi connectivity index (χ0n) is 14.5. The fourth-order valence-corrected chi connectivity index (χ4v) is 4.25. The van der Waals surface area contributed by atoms with E-state index in [1.807, 2.05) is 6.07 Å². The Balaban J connectivity index is 1.97. The van der Waals surface area contributed by atoms with Crippen molar-refractivity contribution in [2.45, 2.75) is 4.90 Å². The fraction of sp³-hybridized carbons (Fsp3) is 0.0500. The van der Waals surface area contributed by atoms with Crippen LogP contribution in [0.25, 0.3) is 0 Å². The molecule has 0 aliphatic rings. The molecule has 1 amide bonds. The molecule has 0 bridgehead atoms. The summed E-state index contributed by atoms with van der Waals surface area (Å²) >= 11 is 12.0. The van der Waals surface area contributed by atoms with Gasteiger partial charge in [-0.25, -0.2) is 8.42 Å². The summed E-state index contributed by atoms with van der Waals surface area (Å²) in [5.74, 6) is -0.489. The molecule has 0 radical (unpaired) electrons. The lowest BCUT2D eigenvalue weighted by Crippen LogP contribution is -2.38. The summed E-state index contributed by atoms with van der Waals surface area (Å²) in [7, 11) is -4.00. The number of carbonyl (C=O) groups excluding carboxylic acids is 1. The van der Waals surface area contributed by atoms with E-state index < -0.39 is 22.5 Å². The van der Waals surface area contributed by atoms with E-state index in [4.69, 9.17) is 23.2 Å². The maximum atomic E-state index is 13.2. The first-order chi connectivity index (χ1) is 13.4. The maximum absolute atomic E-state index is 13.2. The summed E-state index contributed by atoms with van der Waals surface area (Å²) < 4.78 is 27.4. The Bertz CT molecular complexity index is 1080. The second kappa shape index (κ2) is 8.65. The molecule has 0 aliphatic carbocycles. The van der Waals surface area contributed by atoms with Gasteiger partial charge in [0.05, 0.1) is 20.6 Å². The minimum absolute atomic E-state index is 0.0635. The van der Waals surface area contributed by atoms with Gasteiger partial charge in [-0.05, 0) is 42.5 Å². The number of carbonyl (C=O) groups is 1. The molecule has 0 spiro atoms. The van der Waals surface area contributed by atoms with Crippen LogP contribution >= 0.6 is 23.2 Å². The van der Waals surface area contributed by atoms with Crippen molar-refractivity contribution in [1.82, 2.24) is 0 Å². The zero-order valence-corrected chi connectivity index (χ0v) is 16.9. The van der Waals surface area contributed by atoms with Crippen LogP contribution in [0.1, 0.15) is 0 Å². The Morgan fingerprint density at radius 3 is 2.07 bits per heavy atom. The molecule has 8 heteroatoms. The van der Waals surface area contributed by atoms with E-state index in [-0.39, 0.29) is 20.6 Å². The lowest BCUT2D eigenvalue weighted by atomic mass is 10.3. The largest absolute Gasteiger partial charge is 0.325 e. The summed E-state index contributed by atoms with van der Waals surface area (Å²) in [6.07, 6.45) is 0. The number of hydrogen-bond acceptors (Lipinski definition) is 3. The molecule has 5 nitrogen and oxygen atoms in total. The smallest absolute Gasteiger partial charge is 0.264 e. The van der Waals surface area contributed by atoms with Crippen molar-refractivity contribution in [3.63, 3.8) is 0 Å². The van der Waals surface area contributed by atoms with Crippen molar-refractivity contribution >= 4 is 50.5 Å². The van der Waals surface area contributed by atoms with Crippen molar-refractivity contribution in [3.05, 3.63) is 88.9 Å². The average Bonchev–Trinajstić information content (AvgIpc) is 2.70. The molecule has 0 aliphatic heterocycles. The van der Waals surface area contributed by atoms with Gasteiger partial charge in [-0.1, -0.05) is 59.6 Å². The first kappa shape index (κ1) is 20.2. The Hall–Kier alpha value is -2.54. The number of benzene rings is 3. The van der Waals surface area contributed by atoms with Crippen LogP contribution in [0.15, 0.2) is 83.8 Å². The first-order valence-corrected chi connectivity index (χ1v) is 10.5. The molecule has 1 N–H and O–H groups in total. The highest BCUT2D eigenvalue weighted by molar-refractivity contribution is 7.92. The minimum Gasteiger partial charge on any atom is -0.325 e. The number of anilines is 2. The van der Waals surface area contributed by atoms with Gasteiger partial charge in [-0.3, -0.25) is 9.10 Å². The maximum Gasteiger partial charge on any atom is 0.264 e. The van der Waals surface area contributed by atoms with Crippen LogP contribution in [-0.2, 0) is 14.8 Å². The van der Waals surface area contributed by atoms with Gasteiger partial charge in [0.2, 0.25) is 5.91 Å². The number of nitrogens with one attached hydrogen (secondary N) is 1. The Morgan fingerprint density at radius 2 is 1.46 bits per heavy atom. The second-order valence-corrected chi connectivity index (χ2v) is 8.51. The van der Waals surface area contributed by atoms with Crippen LogP contribution in [-0.4, -0.2) is 20.9 Å². The highest BCUT2D eigenvalue weighted by atomic mass is 35.5. The van der Waals surface area contributed by atoms with Crippen molar-refractivity contribution < 1.29 is 13.2 Å². The normalized spacial score (nSPS) is 11.1. The molecular formula is C20H16Cl2N2O3S. The summed E-state index contributed by atoms with van der Waals surface area (Å²) in [5, 5.41) is 3.17. The molecule has 0 unspecified atom stereocenters. The highest BCUT2D eigenvalue weighted by Gasteiger charge is 2.27. The SMILES string of the molecule is O=C(CN(c1ccc(Cl)c(Cl)c1)S(=O)(=O)c1ccccc1)Nc1ccccc1. The van der Waals surface area contributed by atoms with Gasteiger partial charge in [0.25, 0.3) is 10.0 Å². The van der Waals surface area contributed by atoms with Gasteiger partial charge in [0.1, 0.15) is 6.54 Å². The van der Waals surface area contributed by atoms with Crippen LogP contribution in [0.2, 0.25) is 10.0 Å². The molecular weight excluding hydrogens is 419 g/mol. The average molecular weight is 435 g/mol. The molecule has 0 fully saturated rings. The third-order valence-corrected chi connectivity index (χ3v) is 6.39. The van der Waals surface area contributed by atoms with Gasteiger partial charge in [0.15, 0.2) is 0 Å². The second-order valence-electron chi connectivity index (χ2n) is 5.84. The van der Waals surface area contributed by atoms with E-state index in [9.17, 15) is 13.2 Å². The van der Waals surface area contributed by atoms with Gasteiger partial charge < -0.3 is 5.32 Å². The predicted molar refractivity (Wildman–Crippen MR) is 113 cm³/mol. The number of amides is 1. The minimum atomic E-state index is -4.00. The third-order valence-electron chi connectivity index (χ3n) is 3.87. The topological polar surface area (TPSA) is 66.5 Å². The molecule has 0 atom stereocenters. The van der Waals surface area contributed by atoms with E-state index in [0.717, 1.165) is 4.31 Å². The molecule has 0 heterocycles. The standard InChI is InChI=1S/C20H16Cl2N2O3S/c21-18-12-11-16(13-19(18)22)24(28(26,27)17-9-5-2-6-10-17)14-20(25)23-15-7-3-1-4-8-15/h1-13H,14H2,(H,23,25). The van der Waals surface area contributed by atoms with Gasteiger partial charge in [-0.2, -0.15) is 0 Å². The number of hydrogen-bond donors (Lipinski definition) is 1. The molecule has 0 aromatic heterocycles. The Labute approximate surface area is 173 Å². The van der Waals surface area contributed by atoms with Gasteiger partial charge >= 0.3 is 0 Å². The van der Waals surface area contributed by atoms with Crippen LogP contribution in [0.5, 0.6) is 0 Å². The number of rotatable bonds is 6. The lowest BCUT2D eigenvalue weighted by Gasteiger charge is -2.24. The number of nitrogens with zero attached hydrogens (tertiary/aromatic N) is 1. The van der Waals surface area contributed by atoms with Crippen LogP contribution < -0.4 is 9.62 Å². The summed E-state index contributed by atoms with van der Waals surface area (Å²) in [4.78, 5) is 12.6. The summed E-state index contributed by atoms with van der Waals surface area (Å²) in [5.41, 5.74) is 0.806. The molecule has 3 aromatic rings. The summed E-state index contributed by atoms with van der Waals surface area (Å²) in [6, 6.07) is 21.1.